The molecular weight excluding hydrogens is 172 g/mol. The van der Waals surface area contributed by atoms with Gasteiger partial charge in [0.25, 0.3) is 0 Å². The molecule has 2 heteroatoms. The highest BCUT2D eigenvalue weighted by molar-refractivity contribution is 4.65. The van der Waals surface area contributed by atoms with Gasteiger partial charge >= 0.3 is 0 Å². The van der Waals surface area contributed by atoms with E-state index in [0.717, 1.165) is 5.92 Å². The van der Waals surface area contributed by atoms with Crippen LogP contribution in [-0.4, -0.2) is 4.57 Å². The van der Waals surface area contributed by atoms with Gasteiger partial charge < -0.3 is 0 Å². The van der Waals surface area contributed by atoms with Gasteiger partial charge in [-0.3, -0.25) is 0 Å². The Labute approximate surface area is 87.6 Å². The fourth-order valence-corrected chi connectivity index (χ4v) is 1.66. The molecule has 0 atom stereocenters. The third-order valence-corrected chi connectivity index (χ3v) is 2.52. The summed E-state index contributed by atoms with van der Waals surface area (Å²) in [5.74, 6) is 0.861. The first kappa shape index (κ1) is 11.3. The molecule has 0 aliphatic carbocycles. The molecule has 2 nitrogen and oxygen atoms in total. The zero-order valence-corrected chi connectivity index (χ0v) is 9.74. The van der Waals surface area contributed by atoms with E-state index in [-0.39, 0.29) is 0 Å². The van der Waals surface area contributed by atoms with E-state index in [1.54, 1.807) is 0 Å². The van der Waals surface area contributed by atoms with Crippen LogP contribution in [0.3, 0.4) is 0 Å². The molecule has 0 aliphatic heterocycles. The number of imidazole rings is 1. The van der Waals surface area contributed by atoms with Gasteiger partial charge in [-0.2, -0.15) is 0 Å². The molecule has 1 aromatic rings. The first-order chi connectivity index (χ1) is 6.68. The minimum Gasteiger partial charge on any atom is -0.240 e. The average Bonchev–Trinajstić information content (AvgIpc) is 2.50. The normalized spacial score (nSPS) is 11.1. The van der Waals surface area contributed by atoms with Crippen LogP contribution >= 0.6 is 0 Å². The zero-order valence-electron chi connectivity index (χ0n) is 9.74. The van der Waals surface area contributed by atoms with Gasteiger partial charge in [0.15, 0.2) is 0 Å². The van der Waals surface area contributed by atoms with Crippen molar-refractivity contribution in [3.05, 3.63) is 18.7 Å². The Kier molecular flexibility index (Phi) is 4.71. The molecule has 1 aromatic heterocycles. The molecule has 0 bridgehead atoms. The number of hydrogen-bond donors (Lipinski definition) is 0. The molecular formula is C12H23N2+. The van der Waals surface area contributed by atoms with E-state index in [1.807, 2.05) is 0 Å². The Morgan fingerprint density at radius 2 is 2.00 bits per heavy atom. The number of unbranched alkanes of at least 4 members (excludes halogenated alkanes) is 2. The van der Waals surface area contributed by atoms with Crippen LogP contribution in [0.5, 0.6) is 0 Å². The Bertz CT molecular complexity index is 251. The molecule has 0 aromatic carbocycles. The van der Waals surface area contributed by atoms with Crippen molar-refractivity contribution in [3.8, 4) is 0 Å². The minimum absolute atomic E-state index is 0.861. The predicted octanol–water partition coefficient (Wildman–Crippen LogP) is 2.53. The Hall–Kier alpha value is -0.790. The average molecular weight is 195 g/mol. The maximum atomic E-state index is 2.30. The van der Waals surface area contributed by atoms with E-state index in [1.165, 1.54) is 32.2 Å². The second-order valence-electron chi connectivity index (χ2n) is 4.56. The number of aromatic nitrogens is 2. The fraction of sp³-hybridized carbons (Fsp3) is 0.750. The van der Waals surface area contributed by atoms with Gasteiger partial charge in [-0.1, -0.05) is 26.7 Å². The van der Waals surface area contributed by atoms with Gasteiger partial charge in [0, 0.05) is 0 Å². The number of nitrogens with zero attached hydrogens (tertiary/aromatic N) is 2. The van der Waals surface area contributed by atoms with E-state index in [0.29, 0.717) is 0 Å². The van der Waals surface area contributed by atoms with E-state index < -0.39 is 0 Å². The second-order valence-corrected chi connectivity index (χ2v) is 4.56. The third kappa shape index (κ3) is 4.45. The third-order valence-electron chi connectivity index (χ3n) is 2.52. The minimum atomic E-state index is 0.861. The molecule has 0 saturated carbocycles. The maximum Gasteiger partial charge on any atom is 0.243 e. The summed E-state index contributed by atoms with van der Waals surface area (Å²) >= 11 is 0. The predicted molar refractivity (Wildman–Crippen MR) is 58.9 cm³/mol. The Morgan fingerprint density at radius 1 is 1.21 bits per heavy atom. The first-order valence-electron chi connectivity index (χ1n) is 5.69. The van der Waals surface area contributed by atoms with Crippen molar-refractivity contribution in [1.82, 2.24) is 4.57 Å². The lowest BCUT2D eigenvalue weighted by molar-refractivity contribution is -0.671. The summed E-state index contributed by atoms with van der Waals surface area (Å²) in [7, 11) is 2.06. The molecule has 0 amide bonds. The SMILES string of the molecule is CC(C)CCCCCn1cc[n+](C)c1. The fourth-order valence-electron chi connectivity index (χ4n) is 1.66. The van der Waals surface area contributed by atoms with E-state index in [9.17, 15) is 0 Å². The molecule has 0 spiro atoms. The van der Waals surface area contributed by atoms with Crippen molar-refractivity contribution in [2.75, 3.05) is 0 Å². The second kappa shape index (κ2) is 5.84. The molecule has 0 unspecified atom stereocenters. The van der Waals surface area contributed by atoms with E-state index >= 15 is 0 Å². The van der Waals surface area contributed by atoms with Gasteiger partial charge in [0.05, 0.1) is 13.6 Å². The van der Waals surface area contributed by atoms with Crippen LogP contribution in [0.25, 0.3) is 0 Å². The van der Waals surface area contributed by atoms with Crippen molar-refractivity contribution < 1.29 is 4.57 Å². The lowest BCUT2D eigenvalue weighted by atomic mass is 10.1. The Balaban J connectivity index is 2.04. The standard InChI is InChI=1S/C12H23N2/c1-12(2)7-5-4-6-8-14-10-9-13(3)11-14/h9-12H,4-8H2,1-3H3/q+1. The van der Waals surface area contributed by atoms with Gasteiger partial charge in [0.2, 0.25) is 6.33 Å². The molecule has 0 fully saturated rings. The molecule has 14 heavy (non-hydrogen) atoms. The smallest absolute Gasteiger partial charge is 0.240 e. The molecule has 0 saturated heterocycles. The van der Waals surface area contributed by atoms with Crippen LogP contribution in [0.2, 0.25) is 0 Å². The monoisotopic (exact) mass is 195 g/mol. The number of rotatable bonds is 6. The van der Waals surface area contributed by atoms with Crippen LogP contribution in [-0.2, 0) is 13.6 Å². The van der Waals surface area contributed by atoms with Crippen LogP contribution in [0.4, 0.5) is 0 Å². The van der Waals surface area contributed by atoms with Crippen molar-refractivity contribution in [3.63, 3.8) is 0 Å². The molecule has 0 radical (unpaired) electrons. The quantitative estimate of drug-likeness (QED) is 0.487. The van der Waals surface area contributed by atoms with Crippen molar-refractivity contribution in [1.29, 1.82) is 0 Å². The summed E-state index contributed by atoms with van der Waals surface area (Å²) in [6.45, 7) is 5.76. The van der Waals surface area contributed by atoms with Crippen molar-refractivity contribution in [2.45, 2.75) is 46.1 Å². The molecule has 1 rings (SSSR count). The highest BCUT2D eigenvalue weighted by Crippen LogP contribution is 2.08. The van der Waals surface area contributed by atoms with Gasteiger partial charge in [0.1, 0.15) is 12.4 Å². The van der Waals surface area contributed by atoms with Crippen LogP contribution < -0.4 is 4.57 Å². The van der Waals surface area contributed by atoms with E-state index in [4.69, 9.17) is 0 Å². The van der Waals surface area contributed by atoms with Crippen LogP contribution in [0.15, 0.2) is 18.7 Å². The van der Waals surface area contributed by atoms with Gasteiger partial charge in [-0.25, -0.2) is 9.13 Å². The summed E-state index contributed by atoms with van der Waals surface area (Å²) < 4.78 is 4.35. The van der Waals surface area contributed by atoms with Crippen LogP contribution in [0.1, 0.15) is 39.5 Å². The summed E-state index contributed by atoms with van der Waals surface area (Å²) in [4.78, 5) is 0. The molecule has 1 heterocycles. The zero-order chi connectivity index (χ0) is 10.4. The first-order valence-corrected chi connectivity index (χ1v) is 5.69. The lowest BCUT2D eigenvalue weighted by Gasteiger charge is -2.02. The number of aryl methyl sites for hydroxylation is 2. The summed E-state index contributed by atoms with van der Waals surface area (Å²) in [5.41, 5.74) is 0. The highest BCUT2D eigenvalue weighted by atomic mass is 15.1. The number of hydrogen-bond acceptors (Lipinski definition) is 0. The lowest BCUT2D eigenvalue weighted by Crippen LogP contribution is -2.23. The summed E-state index contributed by atoms with van der Waals surface area (Å²) in [5, 5.41) is 0. The van der Waals surface area contributed by atoms with Gasteiger partial charge in [-0.15, -0.1) is 0 Å². The summed E-state index contributed by atoms with van der Waals surface area (Å²) in [6, 6.07) is 0. The maximum absolute atomic E-state index is 2.30. The van der Waals surface area contributed by atoms with Crippen molar-refractivity contribution in [2.24, 2.45) is 13.0 Å². The summed E-state index contributed by atoms with van der Waals surface area (Å²) in [6.07, 6.45) is 11.8. The topological polar surface area (TPSA) is 8.81 Å². The highest BCUT2D eigenvalue weighted by Gasteiger charge is 1.99. The van der Waals surface area contributed by atoms with Gasteiger partial charge in [-0.05, 0) is 18.8 Å². The van der Waals surface area contributed by atoms with Crippen LogP contribution in [0, 0.1) is 5.92 Å². The molecule has 0 aliphatic rings. The molecule has 0 N–H and O–H groups in total. The largest absolute Gasteiger partial charge is 0.243 e. The molecule has 80 valence electrons. The van der Waals surface area contributed by atoms with E-state index in [2.05, 4.69) is 48.8 Å². The Morgan fingerprint density at radius 3 is 2.57 bits per heavy atom. The van der Waals surface area contributed by atoms with Crippen molar-refractivity contribution >= 4 is 0 Å².